The zero-order valence-electron chi connectivity index (χ0n) is 8.88. The zero-order chi connectivity index (χ0) is 13.3. The molecule has 6 heteroatoms. The van der Waals surface area contributed by atoms with E-state index in [0.29, 0.717) is 18.4 Å². The van der Waals surface area contributed by atoms with E-state index in [1.165, 1.54) is 6.92 Å². The van der Waals surface area contributed by atoms with Crippen molar-refractivity contribution >= 4 is 6.29 Å². The Morgan fingerprint density at radius 3 is 2.35 bits per heavy atom. The van der Waals surface area contributed by atoms with Gasteiger partial charge < -0.3 is 9.90 Å². The summed E-state index contributed by atoms with van der Waals surface area (Å²) in [6, 6.07) is 2.09. The van der Waals surface area contributed by atoms with Gasteiger partial charge in [-0.05, 0) is 24.6 Å². The van der Waals surface area contributed by atoms with E-state index in [-0.39, 0.29) is 12.0 Å². The van der Waals surface area contributed by atoms with E-state index >= 15 is 0 Å². The molecule has 1 aromatic carbocycles. The summed E-state index contributed by atoms with van der Waals surface area (Å²) >= 11 is 0. The van der Waals surface area contributed by atoms with Crippen molar-refractivity contribution in [1.82, 2.24) is 0 Å². The molecule has 1 unspecified atom stereocenters. The fourth-order valence-electron chi connectivity index (χ4n) is 1.36. The van der Waals surface area contributed by atoms with Crippen LogP contribution in [0, 0.1) is 5.82 Å². The third-order valence-corrected chi connectivity index (χ3v) is 2.38. The second kappa shape index (κ2) is 4.44. The molecular weight excluding hydrogens is 240 g/mol. The van der Waals surface area contributed by atoms with Crippen LogP contribution in [0.25, 0.3) is 0 Å². The smallest absolute Gasteiger partial charge is 0.385 e. The highest BCUT2D eigenvalue weighted by molar-refractivity contribution is 5.52. The number of benzene rings is 1. The fourth-order valence-corrected chi connectivity index (χ4v) is 1.36. The second-order valence-electron chi connectivity index (χ2n) is 3.84. The Balaban J connectivity index is 3.17. The summed E-state index contributed by atoms with van der Waals surface area (Å²) in [6.07, 6.45) is -4.69. The Hall–Kier alpha value is -1.43. The molecule has 0 bridgehead atoms. The van der Waals surface area contributed by atoms with Gasteiger partial charge in [0.2, 0.25) is 0 Å². The van der Waals surface area contributed by atoms with Crippen LogP contribution in [0.3, 0.4) is 0 Å². The molecule has 0 aliphatic heterocycles. The van der Waals surface area contributed by atoms with Crippen LogP contribution in [-0.4, -0.2) is 11.4 Å². The van der Waals surface area contributed by atoms with Crippen molar-refractivity contribution in [2.45, 2.75) is 25.1 Å². The zero-order valence-corrected chi connectivity index (χ0v) is 8.88. The molecule has 0 saturated heterocycles. The molecule has 0 aliphatic rings. The molecule has 0 fully saturated rings. The molecule has 0 saturated carbocycles. The van der Waals surface area contributed by atoms with Crippen molar-refractivity contribution in [2.24, 2.45) is 0 Å². The normalized spacial score (nSPS) is 15.4. The molecule has 17 heavy (non-hydrogen) atoms. The topological polar surface area (TPSA) is 37.3 Å². The highest BCUT2D eigenvalue weighted by Gasteiger charge is 2.35. The molecule has 0 radical (unpaired) electrons. The first kappa shape index (κ1) is 13.6. The fraction of sp³-hybridized carbons (Fsp3) is 0.364. The Bertz CT molecular complexity index is 424. The van der Waals surface area contributed by atoms with E-state index in [1.54, 1.807) is 0 Å². The first-order valence-electron chi connectivity index (χ1n) is 4.72. The van der Waals surface area contributed by atoms with Crippen LogP contribution in [0.4, 0.5) is 17.6 Å². The number of alkyl halides is 3. The summed E-state index contributed by atoms with van der Waals surface area (Å²) in [5, 5.41) is 9.72. The molecule has 1 aromatic rings. The molecular formula is C11H10F4O2. The minimum atomic E-state index is -4.78. The number of aliphatic hydroxyl groups is 1. The number of hydrogen-bond donors (Lipinski definition) is 1. The molecule has 2 nitrogen and oxygen atoms in total. The van der Waals surface area contributed by atoms with Gasteiger partial charge in [-0.15, -0.1) is 0 Å². The summed E-state index contributed by atoms with van der Waals surface area (Å²) in [5.41, 5.74) is -3.15. The van der Waals surface area contributed by atoms with E-state index in [2.05, 4.69) is 0 Å². The van der Waals surface area contributed by atoms with E-state index in [1.807, 2.05) is 0 Å². The molecule has 0 aromatic heterocycles. The standard InChI is InChI=1S/C11H10F4O2/c1-10(17,4-5-16)7-2-3-8(9(12)6-7)11(13,14)15/h2-3,5-6,17H,4H2,1H3. The first-order chi connectivity index (χ1) is 7.68. The van der Waals surface area contributed by atoms with Crippen molar-refractivity contribution in [3.05, 3.63) is 35.1 Å². The summed E-state index contributed by atoms with van der Waals surface area (Å²) in [4.78, 5) is 10.3. The van der Waals surface area contributed by atoms with Gasteiger partial charge >= 0.3 is 6.18 Å². The number of hydrogen-bond acceptors (Lipinski definition) is 2. The lowest BCUT2D eigenvalue weighted by molar-refractivity contribution is -0.140. The third kappa shape index (κ3) is 3.03. The average molecular weight is 250 g/mol. The van der Waals surface area contributed by atoms with Crippen LogP contribution in [0.15, 0.2) is 18.2 Å². The highest BCUT2D eigenvalue weighted by Crippen LogP contribution is 2.33. The number of rotatable bonds is 3. The van der Waals surface area contributed by atoms with E-state index < -0.39 is 23.2 Å². The maximum Gasteiger partial charge on any atom is 0.419 e. The lowest BCUT2D eigenvalue weighted by Crippen LogP contribution is -2.22. The monoisotopic (exact) mass is 250 g/mol. The summed E-state index contributed by atoms with van der Waals surface area (Å²) in [5.74, 6) is -1.47. The second-order valence-corrected chi connectivity index (χ2v) is 3.84. The van der Waals surface area contributed by atoms with Crippen molar-refractivity contribution in [2.75, 3.05) is 0 Å². The van der Waals surface area contributed by atoms with Gasteiger partial charge in [-0.1, -0.05) is 6.07 Å². The predicted octanol–water partition coefficient (Wildman–Crippen LogP) is 2.64. The minimum Gasteiger partial charge on any atom is -0.385 e. The maximum atomic E-state index is 13.2. The van der Waals surface area contributed by atoms with E-state index in [4.69, 9.17) is 0 Å². The molecule has 0 heterocycles. The number of carbonyl (C=O) groups is 1. The Labute approximate surface area is 94.9 Å². The molecule has 0 amide bonds. The predicted molar refractivity (Wildman–Crippen MR) is 51.7 cm³/mol. The van der Waals surface area contributed by atoms with E-state index in [0.717, 1.165) is 6.07 Å². The quantitative estimate of drug-likeness (QED) is 0.661. The van der Waals surface area contributed by atoms with Crippen molar-refractivity contribution in [3.63, 3.8) is 0 Å². The van der Waals surface area contributed by atoms with Crippen LogP contribution in [0.5, 0.6) is 0 Å². The summed E-state index contributed by atoms with van der Waals surface area (Å²) in [6.45, 7) is 1.23. The average Bonchev–Trinajstić information content (AvgIpc) is 2.15. The Morgan fingerprint density at radius 1 is 1.35 bits per heavy atom. The van der Waals surface area contributed by atoms with Crippen LogP contribution < -0.4 is 0 Å². The lowest BCUT2D eigenvalue weighted by atomic mass is 9.92. The number of carbonyl (C=O) groups excluding carboxylic acids is 1. The van der Waals surface area contributed by atoms with Gasteiger partial charge in [0.25, 0.3) is 0 Å². The van der Waals surface area contributed by atoms with E-state index in [9.17, 15) is 27.5 Å². The molecule has 94 valence electrons. The van der Waals surface area contributed by atoms with Gasteiger partial charge in [-0.2, -0.15) is 13.2 Å². The SMILES string of the molecule is CC(O)(CC=O)c1ccc(C(F)(F)F)c(F)c1. The third-order valence-electron chi connectivity index (χ3n) is 2.38. The van der Waals surface area contributed by atoms with Gasteiger partial charge in [-0.25, -0.2) is 4.39 Å². The van der Waals surface area contributed by atoms with Gasteiger partial charge in [-0.3, -0.25) is 0 Å². The van der Waals surface area contributed by atoms with Crippen LogP contribution in [0.2, 0.25) is 0 Å². The summed E-state index contributed by atoms with van der Waals surface area (Å²) in [7, 11) is 0. The summed E-state index contributed by atoms with van der Waals surface area (Å²) < 4.78 is 50.0. The lowest BCUT2D eigenvalue weighted by Gasteiger charge is -2.21. The number of aldehydes is 1. The minimum absolute atomic E-state index is 0.0740. The largest absolute Gasteiger partial charge is 0.419 e. The van der Waals surface area contributed by atoms with Crippen molar-refractivity contribution in [1.29, 1.82) is 0 Å². The first-order valence-corrected chi connectivity index (χ1v) is 4.72. The highest BCUT2D eigenvalue weighted by atomic mass is 19.4. The van der Waals surface area contributed by atoms with Crippen LogP contribution in [0.1, 0.15) is 24.5 Å². The van der Waals surface area contributed by atoms with Crippen molar-refractivity contribution in [3.8, 4) is 0 Å². The molecule has 1 rings (SSSR count). The van der Waals surface area contributed by atoms with Gasteiger partial charge in [0.1, 0.15) is 12.1 Å². The van der Waals surface area contributed by atoms with Gasteiger partial charge in [0.05, 0.1) is 11.2 Å². The molecule has 1 atom stereocenters. The number of halogens is 4. The maximum absolute atomic E-state index is 13.2. The van der Waals surface area contributed by atoms with Gasteiger partial charge in [0.15, 0.2) is 0 Å². The molecule has 1 N–H and O–H groups in total. The Kier molecular flexibility index (Phi) is 3.56. The Morgan fingerprint density at radius 2 is 1.94 bits per heavy atom. The van der Waals surface area contributed by atoms with Gasteiger partial charge in [0, 0.05) is 6.42 Å². The van der Waals surface area contributed by atoms with Crippen LogP contribution >= 0.6 is 0 Å². The van der Waals surface area contributed by atoms with Crippen molar-refractivity contribution < 1.29 is 27.5 Å². The van der Waals surface area contributed by atoms with Crippen LogP contribution in [-0.2, 0) is 16.6 Å². The molecule has 0 spiro atoms. The molecule has 0 aliphatic carbocycles.